The minimum absolute atomic E-state index is 0.0842. The van der Waals surface area contributed by atoms with Crippen molar-refractivity contribution in [3.05, 3.63) is 78.6 Å². The molecule has 0 radical (unpaired) electrons. The van der Waals surface area contributed by atoms with Gasteiger partial charge >= 0.3 is 0 Å². The van der Waals surface area contributed by atoms with Gasteiger partial charge in [0.25, 0.3) is 0 Å². The number of ether oxygens (including phenoxy) is 1. The predicted molar refractivity (Wildman–Crippen MR) is 103 cm³/mol. The molecule has 1 N–H and O–H groups in total. The first-order chi connectivity index (χ1) is 12.6. The van der Waals surface area contributed by atoms with Crippen LogP contribution in [0.1, 0.15) is 5.56 Å². The molecule has 132 valence electrons. The lowest BCUT2D eigenvalue weighted by molar-refractivity contribution is -0.127. The van der Waals surface area contributed by atoms with Crippen molar-refractivity contribution >= 4 is 17.3 Å². The number of anilines is 2. The molecule has 1 heterocycles. The smallest absolute Gasteiger partial charge is 0.226 e. The fourth-order valence-electron chi connectivity index (χ4n) is 2.39. The first kappa shape index (κ1) is 17.5. The van der Waals surface area contributed by atoms with Crippen LogP contribution in [0.15, 0.2) is 73.1 Å². The number of carbonyl (C=O) groups excluding carboxylic acids is 1. The van der Waals surface area contributed by atoms with Gasteiger partial charge in [-0.15, -0.1) is 0 Å². The zero-order valence-corrected chi connectivity index (χ0v) is 14.8. The Morgan fingerprint density at radius 3 is 2.50 bits per heavy atom. The molecular weight excluding hydrogens is 326 g/mol. The van der Waals surface area contributed by atoms with Crippen molar-refractivity contribution in [1.29, 1.82) is 0 Å². The van der Waals surface area contributed by atoms with Crippen molar-refractivity contribution in [2.24, 2.45) is 0 Å². The maximum Gasteiger partial charge on any atom is 0.226 e. The number of carbonyl (C=O) groups is 1. The summed E-state index contributed by atoms with van der Waals surface area (Å²) in [5, 5.41) is 3.36. The largest absolute Gasteiger partial charge is 0.454 e. The number of aromatic nitrogens is 1. The lowest BCUT2D eigenvalue weighted by Gasteiger charge is -2.13. The number of amides is 1. The molecule has 5 nitrogen and oxygen atoms in total. The molecule has 2 aromatic carbocycles. The molecule has 0 unspecified atom stereocenters. The Morgan fingerprint density at radius 1 is 1.04 bits per heavy atom. The van der Waals surface area contributed by atoms with Crippen LogP contribution in [-0.2, 0) is 11.2 Å². The molecule has 0 aliphatic rings. The molecule has 0 aliphatic heterocycles. The summed E-state index contributed by atoms with van der Waals surface area (Å²) >= 11 is 0. The Hall–Kier alpha value is -3.34. The van der Waals surface area contributed by atoms with Crippen molar-refractivity contribution < 1.29 is 9.53 Å². The maximum absolute atomic E-state index is 11.8. The average Bonchev–Trinajstić information content (AvgIpc) is 2.65. The predicted octanol–water partition coefficient (Wildman–Crippen LogP) is 4.25. The number of nitrogens with zero attached hydrogens (tertiary/aromatic N) is 2. The Kier molecular flexibility index (Phi) is 5.49. The molecule has 0 fully saturated rings. The number of rotatable bonds is 6. The van der Waals surface area contributed by atoms with E-state index in [0.717, 1.165) is 16.9 Å². The highest BCUT2D eigenvalue weighted by Gasteiger charge is 2.07. The highest BCUT2D eigenvalue weighted by molar-refractivity contribution is 5.78. The molecule has 1 amide bonds. The van der Waals surface area contributed by atoms with Crippen molar-refractivity contribution in [2.45, 2.75) is 6.42 Å². The second-order valence-electron chi connectivity index (χ2n) is 6.07. The molecule has 0 spiro atoms. The molecule has 1 aromatic heterocycles. The van der Waals surface area contributed by atoms with E-state index in [1.807, 2.05) is 60.7 Å². The van der Waals surface area contributed by atoms with E-state index in [2.05, 4.69) is 10.3 Å². The van der Waals surface area contributed by atoms with E-state index in [-0.39, 0.29) is 5.91 Å². The van der Waals surface area contributed by atoms with E-state index >= 15 is 0 Å². The van der Waals surface area contributed by atoms with Gasteiger partial charge in [-0.3, -0.25) is 9.78 Å². The van der Waals surface area contributed by atoms with E-state index < -0.39 is 0 Å². The summed E-state index contributed by atoms with van der Waals surface area (Å²) in [4.78, 5) is 17.5. The second kappa shape index (κ2) is 8.16. The van der Waals surface area contributed by atoms with Gasteiger partial charge in [-0.1, -0.05) is 24.3 Å². The second-order valence-corrected chi connectivity index (χ2v) is 6.07. The number of pyridine rings is 1. The van der Waals surface area contributed by atoms with Gasteiger partial charge < -0.3 is 15.0 Å². The quantitative estimate of drug-likeness (QED) is 0.724. The lowest BCUT2D eigenvalue weighted by atomic mass is 10.1. The Bertz CT molecular complexity index is 862. The third-order valence-electron chi connectivity index (χ3n) is 3.84. The zero-order valence-electron chi connectivity index (χ0n) is 14.8. The van der Waals surface area contributed by atoms with E-state index in [0.29, 0.717) is 17.9 Å². The van der Waals surface area contributed by atoms with Crippen LogP contribution < -0.4 is 10.1 Å². The van der Waals surface area contributed by atoms with Gasteiger partial charge in [0.05, 0.1) is 18.3 Å². The Labute approximate surface area is 153 Å². The van der Waals surface area contributed by atoms with Gasteiger partial charge in [0.1, 0.15) is 5.75 Å². The van der Waals surface area contributed by atoms with E-state index in [4.69, 9.17) is 4.74 Å². The van der Waals surface area contributed by atoms with Crippen molar-refractivity contribution in [1.82, 2.24) is 9.88 Å². The van der Waals surface area contributed by atoms with Crippen molar-refractivity contribution in [3.8, 4) is 11.5 Å². The van der Waals surface area contributed by atoms with E-state index in [1.54, 1.807) is 31.4 Å². The summed E-state index contributed by atoms with van der Waals surface area (Å²) in [6.07, 6.45) is 3.78. The zero-order chi connectivity index (χ0) is 18.4. The van der Waals surface area contributed by atoms with Gasteiger partial charge in [0, 0.05) is 26.0 Å². The van der Waals surface area contributed by atoms with Gasteiger partial charge in [0.2, 0.25) is 5.91 Å². The number of para-hydroxylation sites is 2. The number of hydrogen-bond acceptors (Lipinski definition) is 4. The summed E-state index contributed by atoms with van der Waals surface area (Å²) in [5.74, 6) is 1.48. The third kappa shape index (κ3) is 4.60. The molecule has 0 saturated heterocycles. The normalized spacial score (nSPS) is 10.2. The molecule has 5 heteroatoms. The minimum Gasteiger partial charge on any atom is -0.454 e. The number of nitrogens with one attached hydrogen (secondary N) is 1. The summed E-state index contributed by atoms with van der Waals surface area (Å²) in [5.41, 5.74) is 2.76. The Morgan fingerprint density at radius 2 is 1.81 bits per heavy atom. The highest BCUT2D eigenvalue weighted by Crippen LogP contribution is 2.31. The van der Waals surface area contributed by atoms with Crippen molar-refractivity contribution in [3.63, 3.8) is 0 Å². The molecule has 0 bridgehead atoms. The van der Waals surface area contributed by atoms with Crippen LogP contribution in [0, 0.1) is 0 Å². The SMILES string of the molecule is CN(C)C(=O)Cc1ccc(Nc2ccccc2Oc2cccnc2)cc1. The number of benzene rings is 2. The van der Waals surface area contributed by atoms with Crippen LogP contribution in [0.25, 0.3) is 0 Å². The molecule has 26 heavy (non-hydrogen) atoms. The van der Waals surface area contributed by atoms with Gasteiger partial charge in [-0.25, -0.2) is 0 Å². The first-order valence-electron chi connectivity index (χ1n) is 8.35. The van der Waals surface area contributed by atoms with Crippen LogP contribution in [0.3, 0.4) is 0 Å². The van der Waals surface area contributed by atoms with Gasteiger partial charge in [-0.2, -0.15) is 0 Å². The standard InChI is InChI=1S/C21H21N3O2/c1-24(2)21(25)14-16-9-11-17(12-10-16)23-19-7-3-4-8-20(19)26-18-6-5-13-22-15-18/h3-13,15,23H,14H2,1-2H3. The molecular formula is C21H21N3O2. The third-order valence-corrected chi connectivity index (χ3v) is 3.84. The molecule has 0 atom stereocenters. The molecule has 0 aliphatic carbocycles. The van der Waals surface area contributed by atoms with E-state index in [1.165, 1.54) is 0 Å². The van der Waals surface area contributed by atoms with E-state index in [9.17, 15) is 4.79 Å². The molecule has 3 aromatic rings. The number of hydrogen-bond donors (Lipinski definition) is 1. The van der Waals surface area contributed by atoms with Gasteiger partial charge in [-0.05, 0) is 42.0 Å². The summed E-state index contributed by atoms with van der Waals surface area (Å²) in [7, 11) is 3.52. The van der Waals surface area contributed by atoms with Crippen LogP contribution >= 0.6 is 0 Å². The minimum atomic E-state index is 0.0842. The summed E-state index contributed by atoms with van der Waals surface area (Å²) < 4.78 is 5.91. The molecule has 3 rings (SSSR count). The fourth-order valence-corrected chi connectivity index (χ4v) is 2.39. The topological polar surface area (TPSA) is 54.5 Å². The van der Waals surface area contributed by atoms with Crippen LogP contribution in [0.2, 0.25) is 0 Å². The lowest BCUT2D eigenvalue weighted by Crippen LogP contribution is -2.23. The average molecular weight is 347 g/mol. The van der Waals surface area contributed by atoms with Crippen LogP contribution in [0.5, 0.6) is 11.5 Å². The monoisotopic (exact) mass is 347 g/mol. The highest BCUT2D eigenvalue weighted by atomic mass is 16.5. The fraction of sp³-hybridized carbons (Fsp3) is 0.143. The van der Waals surface area contributed by atoms with Gasteiger partial charge in [0.15, 0.2) is 5.75 Å². The summed E-state index contributed by atoms with van der Waals surface area (Å²) in [6, 6.07) is 19.2. The number of likely N-dealkylation sites (N-methyl/N-ethyl adjacent to an activating group) is 1. The first-order valence-corrected chi connectivity index (χ1v) is 8.35. The van der Waals surface area contributed by atoms with Crippen LogP contribution in [-0.4, -0.2) is 29.9 Å². The van der Waals surface area contributed by atoms with Crippen molar-refractivity contribution in [2.75, 3.05) is 19.4 Å². The maximum atomic E-state index is 11.8. The Balaban J connectivity index is 1.72. The molecule has 0 saturated carbocycles. The van der Waals surface area contributed by atoms with Crippen LogP contribution in [0.4, 0.5) is 11.4 Å². The summed E-state index contributed by atoms with van der Waals surface area (Å²) in [6.45, 7) is 0.